The summed E-state index contributed by atoms with van der Waals surface area (Å²) in [6, 6.07) is 7.31. The maximum absolute atomic E-state index is 12.7. The van der Waals surface area contributed by atoms with Crippen LogP contribution in [0.4, 0.5) is 0 Å². The lowest BCUT2D eigenvalue weighted by Gasteiger charge is -2.44. The van der Waals surface area contributed by atoms with Crippen LogP contribution in [0.15, 0.2) is 30.5 Å². The predicted molar refractivity (Wildman–Crippen MR) is 94.0 cm³/mol. The lowest BCUT2D eigenvalue weighted by Crippen LogP contribution is -2.45. The fourth-order valence-corrected chi connectivity index (χ4v) is 4.15. The number of benzene rings is 1. The Hall–Kier alpha value is -1.92. The van der Waals surface area contributed by atoms with E-state index < -0.39 is 0 Å². The minimum absolute atomic E-state index is 0.0509. The largest absolute Gasteiger partial charge is 0.378 e. The van der Waals surface area contributed by atoms with Crippen LogP contribution in [0.2, 0.25) is 5.02 Å². The highest BCUT2D eigenvalue weighted by Gasteiger charge is 2.50. The number of ether oxygens (including phenoxy) is 1. The molecule has 25 heavy (non-hydrogen) atoms. The molecule has 7 heteroatoms. The topological polar surface area (TPSA) is 60.2 Å². The average molecular weight is 361 g/mol. The molecule has 1 aliphatic heterocycles. The van der Waals surface area contributed by atoms with Gasteiger partial charge in [0, 0.05) is 24.7 Å². The molecule has 1 aromatic heterocycles. The Kier molecular flexibility index (Phi) is 4.25. The summed E-state index contributed by atoms with van der Waals surface area (Å²) in [5.41, 5.74) is 1.41. The summed E-state index contributed by atoms with van der Waals surface area (Å²) in [6.07, 6.45) is 5.19. The zero-order valence-electron chi connectivity index (χ0n) is 14.2. The molecule has 2 aliphatic rings. The quantitative estimate of drug-likeness (QED) is 0.841. The fourth-order valence-electron chi connectivity index (χ4n) is 3.97. The molecule has 2 fully saturated rings. The van der Waals surface area contributed by atoms with Gasteiger partial charge in [-0.15, -0.1) is 5.10 Å². The van der Waals surface area contributed by atoms with Crippen molar-refractivity contribution in [1.29, 1.82) is 0 Å². The van der Waals surface area contributed by atoms with Gasteiger partial charge in [0.25, 0.3) is 5.91 Å². The van der Waals surface area contributed by atoms with Crippen molar-refractivity contribution in [3.63, 3.8) is 0 Å². The number of likely N-dealkylation sites (tertiary alicyclic amines) is 1. The minimum atomic E-state index is -0.0509. The molecule has 0 radical (unpaired) electrons. The molecule has 2 aromatic rings. The van der Waals surface area contributed by atoms with Crippen molar-refractivity contribution >= 4 is 17.5 Å². The molecule has 6 nitrogen and oxygen atoms in total. The molecular formula is C18H21ClN4O2. The molecule has 1 aliphatic carbocycles. The molecule has 0 atom stereocenters. The van der Waals surface area contributed by atoms with Crippen LogP contribution in [-0.2, 0) is 4.74 Å². The third-order valence-electron chi connectivity index (χ3n) is 5.23. The second kappa shape index (κ2) is 6.42. The van der Waals surface area contributed by atoms with Crippen LogP contribution >= 0.6 is 11.6 Å². The van der Waals surface area contributed by atoms with Crippen LogP contribution in [-0.4, -0.2) is 51.6 Å². The number of hydrogen-bond donors (Lipinski definition) is 0. The summed E-state index contributed by atoms with van der Waals surface area (Å²) in [5, 5.41) is 8.75. The van der Waals surface area contributed by atoms with Crippen LogP contribution in [0.1, 0.15) is 36.7 Å². The van der Waals surface area contributed by atoms with Crippen LogP contribution < -0.4 is 0 Å². The highest BCUT2D eigenvalue weighted by Crippen LogP contribution is 2.49. The number of rotatable bonds is 4. The van der Waals surface area contributed by atoms with Gasteiger partial charge in [0.2, 0.25) is 0 Å². The molecular weight excluding hydrogens is 340 g/mol. The van der Waals surface area contributed by atoms with E-state index in [1.54, 1.807) is 23.0 Å². The number of carbonyl (C=O) groups excluding carboxylic acids is 1. The van der Waals surface area contributed by atoms with Crippen molar-refractivity contribution in [2.75, 3.05) is 19.7 Å². The van der Waals surface area contributed by atoms with Crippen LogP contribution in [0.5, 0.6) is 0 Å². The summed E-state index contributed by atoms with van der Waals surface area (Å²) >= 11 is 6.01. The molecule has 0 bridgehead atoms. The van der Waals surface area contributed by atoms with Crippen LogP contribution in [0, 0.1) is 5.41 Å². The highest BCUT2D eigenvalue weighted by molar-refractivity contribution is 6.30. The van der Waals surface area contributed by atoms with E-state index in [0.29, 0.717) is 16.8 Å². The lowest BCUT2D eigenvalue weighted by molar-refractivity contribution is -0.0708. The Balaban J connectivity index is 1.43. The van der Waals surface area contributed by atoms with Crippen molar-refractivity contribution in [2.24, 2.45) is 5.41 Å². The van der Waals surface area contributed by atoms with Gasteiger partial charge in [-0.2, -0.15) is 0 Å². The van der Waals surface area contributed by atoms with E-state index in [0.717, 1.165) is 44.6 Å². The zero-order valence-corrected chi connectivity index (χ0v) is 14.9. The minimum Gasteiger partial charge on any atom is -0.378 e. The standard InChI is InChI=1S/C18H21ClN4O2/c1-2-25-15-9-18(10-15)6-7-22(12-18)17(24)16-11-23(21-20-16)14-5-3-4-13(19)8-14/h3-5,8,11,15H,2,6-7,9-10,12H2,1H3. The lowest BCUT2D eigenvalue weighted by atomic mass is 9.66. The van der Waals surface area contributed by atoms with E-state index in [1.165, 1.54) is 0 Å². The van der Waals surface area contributed by atoms with Gasteiger partial charge in [-0.3, -0.25) is 4.79 Å². The maximum atomic E-state index is 12.7. The summed E-state index contributed by atoms with van der Waals surface area (Å²) in [4.78, 5) is 14.6. The van der Waals surface area contributed by atoms with Crippen molar-refractivity contribution < 1.29 is 9.53 Å². The summed E-state index contributed by atoms with van der Waals surface area (Å²) in [7, 11) is 0. The van der Waals surface area contributed by atoms with E-state index in [4.69, 9.17) is 16.3 Å². The van der Waals surface area contributed by atoms with Gasteiger partial charge >= 0.3 is 0 Å². The van der Waals surface area contributed by atoms with E-state index in [9.17, 15) is 4.79 Å². The number of halogens is 1. The zero-order chi connectivity index (χ0) is 17.4. The third-order valence-corrected chi connectivity index (χ3v) is 5.47. The summed E-state index contributed by atoms with van der Waals surface area (Å²) < 4.78 is 7.25. The first-order valence-electron chi connectivity index (χ1n) is 8.68. The van der Waals surface area contributed by atoms with Gasteiger partial charge in [0.05, 0.1) is 18.0 Å². The molecule has 132 valence electrons. The van der Waals surface area contributed by atoms with E-state index >= 15 is 0 Å². The van der Waals surface area contributed by atoms with E-state index in [1.807, 2.05) is 24.0 Å². The number of hydrogen-bond acceptors (Lipinski definition) is 4. The molecule has 0 N–H and O–H groups in total. The van der Waals surface area contributed by atoms with Crippen molar-refractivity contribution in [1.82, 2.24) is 19.9 Å². The van der Waals surface area contributed by atoms with E-state index in [-0.39, 0.29) is 11.3 Å². The van der Waals surface area contributed by atoms with Gasteiger partial charge in [-0.25, -0.2) is 4.68 Å². The SMILES string of the molecule is CCOC1CC2(CCN(C(=O)c3cn(-c4cccc(Cl)c4)nn3)C2)C1. The van der Waals surface area contributed by atoms with Crippen LogP contribution in [0.3, 0.4) is 0 Å². The van der Waals surface area contributed by atoms with Gasteiger partial charge in [-0.1, -0.05) is 22.9 Å². The van der Waals surface area contributed by atoms with Gasteiger partial charge in [-0.05, 0) is 49.8 Å². The molecule has 1 aromatic carbocycles. The number of amides is 1. The first-order valence-corrected chi connectivity index (χ1v) is 9.05. The molecule has 1 spiro atoms. The Labute approximate surface area is 151 Å². The van der Waals surface area contributed by atoms with Gasteiger partial charge < -0.3 is 9.64 Å². The molecule has 1 saturated heterocycles. The molecule has 1 amide bonds. The second-order valence-electron chi connectivity index (χ2n) is 6.99. The summed E-state index contributed by atoms with van der Waals surface area (Å²) in [5.74, 6) is -0.0509. The first kappa shape index (κ1) is 16.5. The fraction of sp³-hybridized carbons (Fsp3) is 0.500. The Morgan fingerprint density at radius 2 is 2.28 bits per heavy atom. The Bertz CT molecular complexity index is 785. The number of nitrogens with zero attached hydrogens (tertiary/aromatic N) is 4. The van der Waals surface area contributed by atoms with E-state index in [2.05, 4.69) is 10.3 Å². The predicted octanol–water partition coefficient (Wildman–Crippen LogP) is 2.95. The van der Waals surface area contributed by atoms with Gasteiger partial charge in [0.1, 0.15) is 0 Å². The Morgan fingerprint density at radius 3 is 3.04 bits per heavy atom. The van der Waals surface area contributed by atoms with Crippen molar-refractivity contribution in [3.8, 4) is 5.69 Å². The highest BCUT2D eigenvalue weighted by atomic mass is 35.5. The first-order chi connectivity index (χ1) is 12.1. The van der Waals surface area contributed by atoms with Gasteiger partial charge in [0.15, 0.2) is 5.69 Å². The normalized spacial score (nSPS) is 25.4. The molecule has 0 unspecified atom stereocenters. The number of carbonyl (C=O) groups is 1. The monoisotopic (exact) mass is 360 g/mol. The second-order valence-corrected chi connectivity index (χ2v) is 7.43. The smallest absolute Gasteiger partial charge is 0.276 e. The van der Waals surface area contributed by atoms with Crippen molar-refractivity contribution in [2.45, 2.75) is 32.3 Å². The van der Waals surface area contributed by atoms with Crippen LogP contribution in [0.25, 0.3) is 5.69 Å². The number of aromatic nitrogens is 3. The molecule has 1 saturated carbocycles. The maximum Gasteiger partial charge on any atom is 0.276 e. The summed E-state index contributed by atoms with van der Waals surface area (Å²) in [6.45, 7) is 4.36. The average Bonchev–Trinajstić information content (AvgIpc) is 3.22. The molecule has 2 heterocycles. The third kappa shape index (κ3) is 3.16. The molecule has 4 rings (SSSR count). The van der Waals surface area contributed by atoms with Crippen molar-refractivity contribution in [3.05, 3.63) is 41.2 Å². The Morgan fingerprint density at radius 1 is 1.44 bits per heavy atom.